The lowest BCUT2D eigenvalue weighted by Gasteiger charge is -2.34. The molecule has 2 nitrogen and oxygen atoms in total. The summed E-state index contributed by atoms with van der Waals surface area (Å²) in [6.45, 7) is 4.92. The summed E-state index contributed by atoms with van der Waals surface area (Å²) >= 11 is 6.06. The van der Waals surface area contributed by atoms with Gasteiger partial charge >= 0.3 is 0 Å². The van der Waals surface area contributed by atoms with Crippen molar-refractivity contribution in [2.24, 2.45) is 11.7 Å². The lowest BCUT2D eigenvalue weighted by atomic mass is 9.92. The van der Waals surface area contributed by atoms with E-state index in [1.54, 1.807) is 6.07 Å². The lowest BCUT2D eigenvalue weighted by molar-refractivity contribution is 0.154. The third kappa shape index (κ3) is 3.44. The zero-order valence-electron chi connectivity index (χ0n) is 10.7. The molecule has 0 spiro atoms. The molecule has 1 aliphatic heterocycles. The molecule has 2 rings (SSSR count). The smallest absolute Gasteiger partial charge is 0.124 e. The molecule has 2 unspecified atom stereocenters. The summed E-state index contributed by atoms with van der Waals surface area (Å²) in [4.78, 5) is 2.36. The molecule has 1 saturated heterocycles. The number of likely N-dealkylation sites (tertiary alicyclic amines) is 1. The van der Waals surface area contributed by atoms with Gasteiger partial charge in [0.15, 0.2) is 0 Å². The van der Waals surface area contributed by atoms with Crippen LogP contribution in [0.2, 0.25) is 5.02 Å². The van der Waals surface area contributed by atoms with Crippen molar-refractivity contribution >= 4 is 11.6 Å². The van der Waals surface area contributed by atoms with Crippen LogP contribution in [0, 0.1) is 11.7 Å². The molecule has 1 fully saturated rings. The van der Waals surface area contributed by atoms with Crippen LogP contribution in [0.15, 0.2) is 18.2 Å². The highest BCUT2D eigenvalue weighted by atomic mass is 35.5. The van der Waals surface area contributed by atoms with Gasteiger partial charge in [-0.25, -0.2) is 4.39 Å². The normalized spacial score (nSPS) is 23.0. The van der Waals surface area contributed by atoms with Crippen LogP contribution >= 0.6 is 11.6 Å². The highest BCUT2D eigenvalue weighted by Gasteiger charge is 2.23. The van der Waals surface area contributed by atoms with E-state index in [9.17, 15) is 4.39 Å². The number of hydrogen-bond donors (Lipinski definition) is 1. The van der Waals surface area contributed by atoms with E-state index >= 15 is 0 Å². The predicted octanol–water partition coefficient (Wildman–Crippen LogP) is 3.04. The van der Waals surface area contributed by atoms with Gasteiger partial charge in [0, 0.05) is 24.2 Å². The zero-order chi connectivity index (χ0) is 13.1. The Hall–Kier alpha value is -0.640. The van der Waals surface area contributed by atoms with Crippen molar-refractivity contribution in [3.8, 4) is 0 Å². The minimum absolute atomic E-state index is 0.233. The highest BCUT2D eigenvalue weighted by Crippen LogP contribution is 2.23. The number of rotatable bonds is 3. The third-order valence-electron chi connectivity index (χ3n) is 3.69. The van der Waals surface area contributed by atoms with Gasteiger partial charge in [0.05, 0.1) is 0 Å². The summed E-state index contributed by atoms with van der Waals surface area (Å²) < 4.78 is 13.0. The Morgan fingerprint density at radius 2 is 2.33 bits per heavy atom. The van der Waals surface area contributed by atoms with Crippen LogP contribution in [0.4, 0.5) is 4.39 Å². The molecular formula is C14H20ClFN2. The number of nitrogens with two attached hydrogens (primary N) is 1. The van der Waals surface area contributed by atoms with Gasteiger partial charge in [-0.05, 0) is 49.9 Å². The van der Waals surface area contributed by atoms with E-state index in [4.69, 9.17) is 17.3 Å². The number of piperidine rings is 1. The maximum absolute atomic E-state index is 13.0. The molecule has 2 N–H and O–H groups in total. The molecule has 0 amide bonds. The molecule has 1 aromatic carbocycles. The SMILES string of the molecule is CC(N)C1CCCN(Cc2ccc(F)cc2Cl)C1. The molecule has 2 atom stereocenters. The van der Waals surface area contributed by atoms with Crippen molar-refractivity contribution in [2.45, 2.75) is 32.4 Å². The third-order valence-corrected chi connectivity index (χ3v) is 4.05. The maximum Gasteiger partial charge on any atom is 0.124 e. The van der Waals surface area contributed by atoms with E-state index in [1.807, 2.05) is 0 Å². The van der Waals surface area contributed by atoms with Crippen LogP contribution in [0.3, 0.4) is 0 Å². The second-order valence-electron chi connectivity index (χ2n) is 5.23. The van der Waals surface area contributed by atoms with Crippen molar-refractivity contribution < 1.29 is 4.39 Å². The van der Waals surface area contributed by atoms with Gasteiger partial charge in [0.2, 0.25) is 0 Å². The Kier molecular flexibility index (Phi) is 4.60. The average molecular weight is 271 g/mol. The second-order valence-corrected chi connectivity index (χ2v) is 5.64. The molecule has 100 valence electrons. The summed E-state index contributed by atoms with van der Waals surface area (Å²) in [5, 5.41) is 0.512. The Morgan fingerprint density at radius 1 is 1.56 bits per heavy atom. The van der Waals surface area contributed by atoms with E-state index < -0.39 is 0 Å². The standard InChI is InChI=1S/C14H20ClFN2/c1-10(17)11-3-2-6-18(8-11)9-12-4-5-13(16)7-14(12)15/h4-5,7,10-11H,2-3,6,8-9,17H2,1H3. The summed E-state index contributed by atoms with van der Waals surface area (Å²) in [6.07, 6.45) is 2.37. The molecule has 4 heteroatoms. The fourth-order valence-electron chi connectivity index (χ4n) is 2.55. The molecule has 0 aliphatic carbocycles. The first-order valence-corrected chi connectivity index (χ1v) is 6.86. The monoisotopic (exact) mass is 270 g/mol. The van der Waals surface area contributed by atoms with Crippen molar-refractivity contribution in [3.63, 3.8) is 0 Å². The molecule has 0 radical (unpaired) electrons. The van der Waals surface area contributed by atoms with E-state index in [2.05, 4.69) is 11.8 Å². The van der Waals surface area contributed by atoms with E-state index in [0.717, 1.165) is 25.2 Å². The topological polar surface area (TPSA) is 29.3 Å². The number of hydrogen-bond acceptors (Lipinski definition) is 2. The minimum Gasteiger partial charge on any atom is -0.328 e. The summed E-state index contributed by atoms with van der Waals surface area (Å²) in [6, 6.07) is 4.85. The zero-order valence-corrected chi connectivity index (χ0v) is 11.5. The molecule has 1 aromatic rings. The maximum atomic E-state index is 13.0. The van der Waals surface area contributed by atoms with Gasteiger partial charge in [0.1, 0.15) is 5.82 Å². The van der Waals surface area contributed by atoms with Crippen LogP contribution in [-0.4, -0.2) is 24.0 Å². The minimum atomic E-state index is -0.282. The lowest BCUT2D eigenvalue weighted by Crippen LogP contribution is -2.41. The molecule has 18 heavy (non-hydrogen) atoms. The Labute approximate surface area is 113 Å². The first kappa shape index (κ1) is 13.8. The molecule has 1 heterocycles. The van der Waals surface area contributed by atoms with Gasteiger partial charge in [-0.15, -0.1) is 0 Å². The van der Waals surface area contributed by atoms with Crippen LogP contribution in [0.1, 0.15) is 25.3 Å². The van der Waals surface area contributed by atoms with Crippen LogP contribution in [0.25, 0.3) is 0 Å². The fourth-order valence-corrected chi connectivity index (χ4v) is 2.78. The molecule has 0 saturated carbocycles. The molecule has 1 aliphatic rings. The van der Waals surface area contributed by atoms with Crippen LogP contribution in [-0.2, 0) is 6.54 Å². The molecule has 0 aromatic heterocycles. The number of nitrogens with zero attached hydrogens (tertiary/aromatic N) is 1. The van der Waals surface area contributed by atoms with Crippen LogP contribution < -0.4 is 5.73 Å². The Bertz CT molecular complexity index is 409. The van der Waals surface area contributed by atoms with Crippen molar-refractivity contribution in [2.75, 3.05) is 13.1 Å². The van der Waals surface area contributed by atoms with E-state index in [0.29, 0.717) is 10.9 Å². The van der Waals surface area contributed by atoms with Gasteiger partial charge in [-0.3, -0.25) is 4.90 Å². The van der Waals surface area contributed by atoms with Crippen molar-refractivity contribution in [3.05, 3.63) is 34.6 Å². The Morgan fingerprint density at radius 3 is 3.00 bits per heavy atom. The van der Waals surface area contributed by atoms with E-state index in [1.165, 1.54) is 25.0 Å². The Balaban J connectivity index is 2.00. The van der Waals surface area contributed by atoms with Gasteiger partial charge in [0.25, 0.3) is 0 Å². The molecular weight excluding hydrogens is 251 g/mol. The summed E-state index contributed by atoms with van der Waals surface area (Å²) in [7, 11) is 0. The first-order chi connectivity index (χ1) is 8.56. The summed E-state index contributed by atoms with van der Waals surface area (Å²) in [5.74, 6) is 0.272. The quantitative estimate of drug-likeness (QED) is 0.915. The second kappa shape index (κ2) is 6.00. The molecule has 0 bridgehead atoms. The van der Waals surface area contributed by atoms with Crippen LogP contribution in [0.5, 0.6) is 0 Å². The number of halogens is 2. The first-order valence-electron chi connectivity index (χ1n) is 6.48. The van der Waals surface area contributed by atoms with Gasteiger partial charge in [-0.1, -0.05) is 17.7 Å². The average Bonchev–Trinajstić information content (AvgIpc) is 2.33. The van der Waals surface area contributed by atoms with Crippen molar-refractivity contribution in [1.82, 2.24) is 4.90 Å². The van der Waals surface area contributed by atoms with Crippen molar-refractivity contribution in [1.29, 1.82) is 0 Å². The van der Waals surface area contributed by atoms with Gasteiger partial charge < -0.3 is 5.73 Å². The fraction of sp³-hybridized carbons (Fsp3) is 0.571. The predicted molar refractivity (Wildman–Crippen MR) is 73.1 cm³/mol. The van der Waals surface area contributed by atoms with E-state index in [-0.39, 0.29) is 11.9 Å². The van der Waals surface area contributed by atoms with Gasteiger partial charge in [-0.2, -0.15) is 0 Å². The largest absolute Gasteiger partial charge is 0.328 e. The summed E-state index contributed by atoms with van der Waals surface area (Å²) in [5.41, 5.74) is 6.96. The number of benzene rings is 1. The highest BCUT2D eigenvalue weighted by molar-refractivity contribution is 6.31.